The molecule has 6 nitrogen and oxygen atoms in total. The first-order valence-corrected chi connectivity index (χ1v) is 13.0. The van der Waals surface area contributed by atoms with Crippen molar-refractivity contribution in [1.82, 2.24) is 9.91 Å². The van der Waals surface area contributed by atoms with Gasteiger partial charge in [0.15, 0.2) is 11.5 Å². The van der Waals surface area contributed by atoms with Gasteiger partial charge in [0.05, 0.1) is 11.8 Å². The van der Waals surface area contributed by atoms with Crippen molar-refractivity contribution < 1.29 is 14.2 Å². The maximum absolute atomic E-state index is 6.81. The quantitative estimate of drug-likeness (QED) is 0.433. The molecule has 0 aromatic heterocycles. The first-order chi connectivity index (χ1) is 17.2. The lowest BCUT2D eigenvalue weighted by Gasteiger charge is -2.51. The Labute approximate surface area is 213 Å². The van der Waals surface area contributed by atoms with Gasteiger partial charge in [0.2, 0.25) is 12.5 Å². The van der Waals surface area contributed by atoms with Gasteiger partial charge in [-0.3, -0.25) is 4.90 Å². The Morgan fingerprint density at radius 2 is 1.71 bits per heavy atom. The molecule has 3 aromatic rings. The predicted octanol–water partition coefficient (Wildman–Crippen LogP) is 5.71. The average molecular weight is 532 g/mol. The van der Waals surface area contributed by atoms with Crippen molar-refractivity contribution in [2.75, 3.05) is 19.9 Å². The molecular weight excluding hydrogens is 506 g/mol. The van der Waals surface area contributed by atoms with E-state index >= 15 is 0 Å². The van der Waals surface area contributed by atoms with Crippen LogP contribution in [0.2, 0.25) is 0 Å². The fraction of sp³-hybridized carbons (Fsp3) is 0.321. The molecule has 4 heterocycles. The number of hydrogen-bond acceptors (Lipinski definition) is 6. The number of hydrogen-bond donors (Lipinski definition) is 0. The summed E-state index contributed by atoms with van der Waals surface area (Å²) in [6.07, 6.45) is 2.65. The van der Waals surface area contributed by atoms with Crippen LogP contribution in [0.3, 0.4) is 0 Å². The number of benzene rings is 3. The number of piperidine rings is 1. The first kappa shape index (κ1) is 21.3. The van der Waals surface area contributed by atoms with Crippen LogP contribution in [0, 0.1) is 0 Å². The van der Waals surface area contributed by atoms with Crippen LogP contribution in [0.5, 0.6) is 17.2 Å². The molecule has 0 aliphatic carbocycles. The molecule has 178 valence electrons. The zero-order chi connectivity index (χ0) is 23.4. The summed E-state index contributed by atoms with van der Waals surface area (Å²) in [5.74, 6) is 2.57. The minimum Gasteiger partial charge on any atom is -0.466 e. The zero-order valence-electron chi connectivity index (χ0n) is 19.3. The number of nitrogens with zero attached hydrogens (tertiary/aromatic N) is 3. The molecule has 1 fully saturated rings. The van der Waals surface area contributed by atoms with E-state index in [4.69, 9.17) is 19.3 Å². The van der Waals surface area contributed by atoms with Gasteiger partial charge in [-0.1, -0.05) is 46.3 Å². The van der Waals surface area contributed by atoms with E-state index in [9.17, 15) is 0 Å². The maximum Gasteiger partial charge on any atom is 0.231 e. The second-order valence-electron chi connectivity index (χ2n) is 9.67. The summed E-state index contributed by atoms with van der Waals surface area (Å²) in [5, 5.41) is 7.48. The highest BCUT2D eigenvalue weighted by molar-refractivity contribution is 9.10. The van der Waals surface area contributed by atoms with Crippen molar-refractivity contribution in [2.45, 2.75) is 37.6 Å². The Hall–Kier alpha value is -3.03. The van der Waals surface area contributed by atoms with Crippen molar-refractivity contribution in [3.8, 4) is 17.2 Å². The lowest BCUT2D eigenvalue weighted by Crippen LogP contribution is -2.59. The summed E-state index contributed by atoms with van der Waals surface area (Å²) in [5.41, 5.74) is 4.26. The van der Waals surface area contributed by atoms with Crippen LogP contribution in [-0.4, -0.2) is 41.2 Å². The van der Waals surface area contributed by atoms with Crippen molar-refractivity contribution >= 4 is 21.6 Å². The fourth-order valence-electron chi connectivity index (χ4n) is 5.74. The smallest absolute Gasteiger partial charge is 0.231 e. The van der Waals surface area contributed by atoms with Crippen molar-refractivity contribution in [3.63, 3.8) is 0 Å². The van der Waals surface area contributed by atoms with Gasteiger partial charge in [-0.2, -0.15) is 5.10 Å². The summed E-state index contributed by atoms with van der Waals surface area (Å²) in [4.78, 5) is 2.52. The Morgan fingerprint density at radius 1 is 0.914 bits per heavy atom. The van der Waals surface area contributed by atoms with Gasteiger partial charge in [0.1, 0.15) is 5.75 Å². The maximum atomic E-state index is 6.81. The predicted molar refractivity (Wildman–Crippen MR) is 137 cm³/mol. The molecule has 0 amide bonds. The number of halogens is 1. The first-order valence-electron chi connectivity index (χ1n) is 12.2. The summed E-state index contributed by atoms with van der Waals surface area (Å²) in [6, 6.07) is 23.3. The van der Waals surface area contributed by atoms with Crippen LogP contribution in [0.25, 0.3) is 0 Å². The minimum atomic E-state index is -0.434. The summed E-state index contributed by atoms with van der Waals surface area (Å²) in [6.45, 7) is 3.19. The topological polar surface area (TPSA) is 46.5 Å². The highest BCUT2D eigenvalue weighted by atomic mass is 79.9. The van der Waals surface area contributed by atoms with Crippen LogP contribution >= 0.6 is 15.9 Å². The normalized spacial score (nSPS) is 21.9. The molecule has 0 saturated carbocycles. The van der Waals surface area contributed by atoms with Crippen LogP contribution in [0.15, 0.2) is 76.3 Å². The zero-order valence-corrected chi connectivity index (χ0v) is 20.9. The average Bonchev–Trinajstić information content (AvgIpc) is 3.54. The molecule has 1 spiro atoms. The number of likely N-dealkylation sites (tertiary alicyclic amines) is 1. The third kappa shape index (κ3) is 3.69. The summed E-state index contributed by atoms with van der Waals surface area (Å²) < 4.78 is 19.0. The third-order valence-corrected chi connectivity index (χ3v) is 8.04. The summed E-state index contributed by atoms with van der Waals surface area (Å²) >= 11 is 3.66. The molecule has 0 unspecified atom stereocenters. The molecule has 0 N–H and O–H groups in total. The standard InChI is InChI=1S/C28H26BrN3O3/c29-21-7-9-25-22(15-21)24-16-23(20-6-8-26-27(14-20)34-18-33-26)30-32(24)28(35-25)10-12-31(13-11-28)17-19-4-2-1-3-5-19/h1-9,14-15,24H,10-13,16-18H2/t24-/m0/s1. The second kappa shape index (κ2) is 8.28. The van der Waals surface area contributed by atoms with Crippen molar-refractivity contribution in [1.29, 1.82) is 0 Å². The van der Waals surface area contributed by atoms with E-state index in [1.807, 2.05) is 6.07 Å². The molecule has 35 heavy (non-hydrogen) atoms. The van der Waals surface area contributed by atoms with Crippen LogP contribution < -0.4 is 14.2 Å². The number of fused-ring (bicyclic) bond motifs is 5. The van der Waals surface area contributed by atoms with E-state index in [1.54, 1.807) is 0 Å². The van der Waals surface area contributed by atoms with Gasteiger partial charge in [0, 0.05) is 54.5 Å². The third-order valence-electron chi connectivity index (χ3n) is 7.55. The molecule has 4 aliphatic rings. The largest absolute Gasteiger partial charge is 0.466 e. The van der Waals surface area contributed by atoms with Gasteiger partial charge >= 0.3 is 0 Å². The Bertz CT molecular complexity index is 1300. The molecule has 0 radical (unpaired) electrons. The second-order valence-corrected chi connectivity index (χ2v) is 10.6. The molecular formula is C28H26BrN3O3. The molecule has 1 atom stereocenters. The van der Waals surface area contributed by atoms with Crippen molar-refractivity contribution in [3.05, 3.63) is 87.9 Å². The highest BCUT2D eigenvalue weighted by Crippen LogP contribution is 2.51. The Morgan fingerprint density at radius 3 is 2.57 bits per heavy atom. The van der Waals surface area contributed by atoms with E-state index in [0.29, 0.717) is 0 Å². The van der Waals surface area contributed by atoms with Gasteiger partial charge < -0.3 is 14.2 Å². The lowest BCUT2D eigenvalue weighted by molar-refractivity contribution is -0.150. The van der Waals surface area contributed by atoms with Gasteiger partial charge in [-0.15, -0.1) is 0 Å². The van der Waals surface area contributed by atoms with E-state index in [2.05, 4.69) is 86.5 Å². The van der Waals surface area contributed by atoms with Gasteiger partial charge in [0.25, 0.3) is 0 Å². The molecule has 3 aromatic carbocycles. The monoisotopic (exact) mass is 531 g/mol. The van der Waals surface area contributed by atoms with Crippen LogP contribution in [0.4, 0.5) is 0 Å². The number of hydrazone groups is 1. The molecule has 7 rings (SSSR count). The lowest BCUT2D eigenvalue weighted by atomic mass is 9.90. The van der Waals surface area contributed by atoms with E-state index in [-0.39, 0.29) is 12.8 Å². The number of ether oxygens (including phenoxy) is 3. The number of rotatable bonds is 3. The van der Waals surface area contributed by atoms with Crippen molar-refractivity contribution in [2.24, 2.45) is 5.10 Å². The van der Waals surface area contributed by atoms with Crippen LogP contribution in [0.1, 0.15) is 42.0 Å². The van der Waals surface area contributed by atoms with Gasteiger partial charge in [-0.25, -0.2) is 5.01 Å². The van der Waals surface area contributed by atoms with Gasteiger partial charge in [-0.05, 0) is 42.0 Å². The van der Waals surface area contributed by atoms with Crippen LogP contribution in [-0.2, 0) is 6.54 Å². The molecule has 7 heteroatoms. The van der Waals surface area contributed by atoms with E-state index in [0.717, 1.165) is 71.9 Å². The SMILES string of the molecule is Brc1ccc2c(c1)[C@@H]1CC(c3ccc4c(c3)OCO4)=NN1C1(CCN(Cc3ccccc3)CC1)O2. The Balaban J connectivity index is 1.20. The van der Waals surface area contributed by atoms with E-state index in [1.165, 1.54) is 11.1 Å². The fourth-order valence-corrected chi connectivity index (χ4v) is 6.11. The highest BCUT2D eigenvalue weighted by Gasteiger charge is 2.51. The minimum absolute atomic E-state index is 0.150. The molecule has 4 aliphatic heterocycles. The Kier molecular flexibility index (Phi) is 5.03. The molecule has 1 saturated heterocycles. The molecule has 0 bridgehead atoms. The van der Waals surface area contributed by atoms with E-state index < -0.39 is 5.72 Å². The summed E-state index contributed by atoms with van der Waals surface area (Å²) in [7, 11) is 0.